The van der Waals surface area contributed by atoms with Gasteiger partial charge in [0.05, 0.1) is 10.4 Å². The number of aromatic hydroxyl groups is 2. The number of aromatic nitrogens is 2. The summed E-state index contributed by atoms with van der Waals surface area (Å²) in [4.78, 5) is 1.07. The van der Waals surface area contributed by atoms with E-state index in [-0.39, 0.29) is 11.5 Å². The number of fused-ring (bicyclic) bond motifs is 3. The third-order valence-electron chi connectivity index (χ3n) is 2.66. The van der Waals surface area contributed by atoms with E-state index in [1.54, 1.807) is 0 Å². The minimum Gasteiger partial charge on any atom is -0.508 e. The lowest BCUT2D eigenvalue weighted by molar-refractivity contribution is 0.454. The number of benzene rings is 1. The monoisotopic (exact) mass is 220 g/mol. The van der Waals surface area contributed by atoms with E-state index in [2.05, 4.69) is 9.59 Å². The van der Waals surface area contributed by atoms with Crippen LogP contribution in [0.25, 0.3) is 11.3 Å². The van der Waals surface area contributed by atoms with Crippen molar-refractivity contribution in [3.8, 4) is 22.8 Å². The number of rotatable bonds is 0. The van der Waals surface area contributed by atoms with Gasteiger partial charge in [-0.2, -0.15) is 0 Å². The predicted molar refractivity (Wildman–Crippen MR) is 56.1 cm³/mol. The molecule has 0 saturated carbocycles. The average molecular weight is 220 g/mol. The Labute approximate surface area is 90.0 Å². The minimum absolute atomic E-state index is 0.163. The molecule has 0 bridgehead atoms. The highest BCUT2D eigenvalue weighted by Gasteiger charge is 2.24. The maximum atomic E-state index is 9.77. The SMILES string of the molecule is Oc1ccc(O)c2c1CCc1snnc1-2. The van der Waals surface area contributed by atoms with Gasteiger partial charge in [-0.1, -0.05) is 4.49 Å². The fourth-order valence-electron chi connectivity index (χ4n) is 1.94. The van der Waals surface area contributed by atoms with Gasteiger partial charge in [-0.25, -0.2) is 0 Å². The molecule has 1 aliphatic rings. The van der Waals surface area contributed by atoms with Gasteiger partial charge in [-0.05, 0) is 36.5 Å². The van der Waals surface area contributed by atoms with Crippen LogP contribution in [-0.2, 0) is 12.8 Å². The Morgan fingerprint density at radius 1 is 1.13 bits per heavy atom. The molecule has 1 aromatic heterocycles. The largest absolute Gasteiger partial charge is 0.508 e. The number of hydrogen-bond donors (Lipinski definition) is 2. The van der Waals surface area contributed by atoms with E-state index >= 15 is 0 Å². The van der Waals surface area contributed by atoms with Crippen molar-refractivity contribution in [1.82, 2.24) is 9.59 Å². The molecule has 2 N–H and O–H groups in total. The Balaban J connectivity index is 2.36. The Hall–Kier alpha value is -1.62. The summed E-state index contributed by atoms with van der Waals surface area (Å²) >= 11 is 1.35. The van der Waals surface area contributed by atoms with E-state index in [1.165, 1.54) is 23.7 Å². The van der Waals surface area contributed by atoms with E-state index in [4.69, 9.17) is 0 Å². The normalized spacial score (nSPS) is 13.3. The van der Waals surface area contributed by atoms with Gasteiger partial charge >= 0.3 is 0 Å². The highest BCUT2D eigenvalue weighted by atomic mass is 32.1. The highest BCUT2D eigenvalue weighted by molar-refractivity contribution is 7.06. The summed E-state index contributed by atoms with van der Waals surface area (Å²) in [7, 11) is 0. The van der Waals surface area contributed by atoms with Crippen LogP contribution in [0.1, 0.15) is 10.4 Å². The maximum absolute atomic E-state index is 9.77. The van der Waals surface area contributed by atoms with Gasteiger partial charge in [-0.15, -0.1) is 5.10 Å². The van der Waals surface area contributed by atoms with Crippen LogP contribution in [0, 0.1) is 0 Å². The second kappa shape index (κ2) is 2.93. The van der Waals surface area contributed by atoms with Crippen molar-refractivity contribution in [3.05, 3.63) is 22.6 Å². The molecule has 0 amide bonds. The van der Waals surface area contributed by atoms with Gasteiger partial charge in [0.2, 0.25) is 0 Å². The lowest BCUT2D eigenvalue weighted by Crippen LogP contribution is -2.02. The predicted octanol–water partition coefficient (Wildman–Crippen LogP) is 1.71. The summed E-state index contributed by atoms with van der Waals surface area (Å²) < 4.78 is 3.87. The topological polar surface area (TPSA) is 66.2 Å². The first-order valence-electron chi connectivity index (χ1n) is 4.63. The van der Waals surface area contributed by atoms with Crippen molar-refractivity contribution >= 4 is 11.5 Å². The lowest BCUT2D eigenvalue weighted by atomic mass is 9.92. The summed E-state index contributed by atoms with van der Waals surface area (Å²) in [5, 5.41) is 23.5. The Kier molecular flexibility index (Phi) is 1.70. The van der Waals surface area contributed by atoms with Gasteiger partial charge in [0.25, 0.3) is 0 Å². The number of hydrogen-bond acceptors (Lipinski definition) is 5. The minimum atomic E-state index is 0.163. The van der Waals surface area contributed by atoms with E-state index in [0.717, 1.165) is 29.0 Å². The fourth-order valence-corrected chi connectivity index (χ4v) is 2.59. The molecule has 0 fully saturated rings. The van der Waals surface area contributed by atoms with Crippen molar-refractivity contribution in [3.63, 3.8) is 0 Å². The lowest BCUT2D eigenvalue weighted by Gasteiger charge is -2.16. The summed E-state index contributed by atoms with van der Waals surface area (Å²) in [5.41, 5.74) is 2.13. The van der Waals surface area contributed by atoms with Crippen molar-refractivity contribution < 1.29 is 10.2 Å². The van der Waals surface area contributed by atoms with Crippen LogP contribution in [0.5, 0.6) is 11.5 Å². The Morgan fingerprint density at radius 2 is 1.93 bits per heavy atom. The molecule has 1 aromatic carbocycles. The molecule has 0 spiro atoms. The average Bonchev–Trinajstić information content (AvgIpc) is 2.70. The molecular formula is C10H8N2O2S. The van der Waals surface area contributed by atoms with Crippen LogP contribution in [0.4, 0.5) is 0 Å². The highest BCUT2D eigenvalue weighted by Crippen LogP contribution is 2.42. The van der Waals surface area contributed by atoms with Gasteiger partial charge in [-0.3, -0.25) is 0 Å². The number of nitrogens with zero attached hydrogens (tertiary/aromatic N) is 2. The first kappa shape index (κ1) is 8.67. The molecule has 4 nitrogen and oxygen atoms in total. The quantitative estimate of drug-likeness (QED) is 0.663. The summed E-state index contributed by atoms with van der Waals surface area (Å²) in [6.45, 7) is 0. The summed E-state index contributed by atoms with van der Waals surface area (Å²) in [6.07, 6.45) is 1.56. The first-order valence-corrected chi connectivity index (χ1v) is 5.40. The van der Waals surface area contributed by atoms with Crippen LogP contribution in [0.3, 0.4) is 0 Å². The molecule has 0 atom stereocenters. The number of phenolic OH excluding ortho intramolecular Hbond substituents is 2. The van der Waals surface area contributed by atoms with Crippen LogP contribution in [-0.4, -0.2) is 19.8 Å². The first-order chi connectivity index (χ1) is 7.27. The zero-order valence-corrected chi connectivity index (χ0v) is 8.58. The molecule has 2 aromatic rings. The summed E-state index contributed by atoms with van der Waals surface area (Å²) in [6, 6.07) is 3.00. The molecular weight excluding hydrogens is 212 g/mol. The molecule has 3 rings (SSSR count). The molecule has 1 aliphatic carbocycles. The molecule has 0 unspecified atom stereocenters. The third-order valence-corrected chi connectivity index (χ3v) is 3.44. The van der Waals surface area contributed by atoms with Crippen LogP contribution < -0.4 is 0 Å². The Bertz CT molecular complexity index is 536. The van der Waals surface area contributed by atoms with E-state index in [9.17, 15) is 10.2 Å². The van der Waals surface area contributed by atoms with Crippen LogP contribution in [0.2, 0.25) is 0 Å². The number of phenols is 2. The zero-order chi connectivity index (χ0) is 10.4. The van der Waals surface area contributed by atoms with Gasteiger partial charge < -0.3 is 10.2 Å². The molecule has 0 saturated heterocycles. The number of aryl methyl sites for hydroxylation is 1. The van der Waals surface area contributed by atoms with Crippen LogP contribution in [0.15, 0.2) is 12.1 Å². The fraction of sp³-hybridized carbons (Fsp3) is 0.200. The van der Waals surface area contributed by atoms with Crippen molar-refractivity contribution in [2.75, 3.05) is 0 Å². The van der Waals surface area contributed by atoms with Gasteiger partial charge in [0.15, 0.2) is 0 Å². The molecule has 0 radical (unpaired) electrons. The van der Waals surface area contributed by atoms with Crippen LogP contribution >= 0.6 is 11.5 Å². The van der Waals surface area contributed by atoms with Crippen molar-refractivity contribution in [2.45, 2.75) is 12.8 Å². The smallest absolute Gasteiger partial charge is 0.125 e. The Morgan fingerprint density at radius 3 is 2.80 bits per heavy atom. The second-order valence-corrected chi connectivity index (χ2v) is 4.34. The van der Waals surface area contributed by atoms with Gasteiger partial charge in [0, 0.05) is 5.56 Å². The van der Waals surface area contributed by atoms with E-state index in [1.807, 2.05) is 0 Å². The molecule has 0 aliphatic heterocycles. The summed E-state index contributed by atoms with van der Waals surface area (Å²) in [5.74, 6) is 0.387. The second-order valence-electron chi connectivity index (χ2n) is 3.50. The molecule has 5 heteroatoms. The van der Waals surface area contributed by atoms with Gasteiger partial charge in [0.1, 0.15) is 17.2 Å². The molecule has 1 heterocycles. The standard InChI is InChI=1S/C10H8N2O2S/c13-6-2-3-7(14)9-5(6)1-4-8-10(9)11-12-15-8/h2-3,13-14H,1,4H2. The van der Waals surface area contributed by atoms with Crippen molar-refractivity contribution in [2.24, 2.45) is 0 Å². The molecule has 15 heavy (non-hydrogen) atoms. The zero-order valence-electron chi connectivity index (χ0n) is 7.77. The molecule has 76 valence electrons. The third kappa shape index (κ3) is 1.13. The van der Waals surface area contributed by atoms with E-state index < -0.39 is 0 Å². The maximum Gasteiger partial charge on any atom is 0.125 e. The van der Waals surface area contributed by atoms with E-state index in [0.29, 0.717) is 5.56 Å². The van der Waals surface area contributed by atoms with Crippen molar-refractivity contribution in [1.29, 1.82) is 0 Å².